The minimum atomic E-state index is -0.317. The van der Waals surface area contributed by atoms with Crippen molar-refractivity contribution in [2.45, 2.75) is 39.2 Å². The van der Waals surface area contributed by atoms with Crippen LogP contribution in [0, 0.1) is 19.7 Å². The Labute approximate surface area is 164 Å². The molecule has 28 heavy (non-hydrogen) atoms. The summed E-state index contributed by atoms with van der Waals surface area (Å²) in [6.45, 7) is 5.01. The number of nitrogens with one attached hydrogen (secondary N) is 1. The van der Waals surface area contributed by atoms with Crippen LogP contribution < -0.4 is 5.32 Å². The molecule has 5 nitrogen and oxygen atoms in total. The average molecular weight is 380 g/mol. The molecule has 1 atom stereocenters. The zero-order valence-corrected chi connectivity index (χ0v) is 16.2. The first-order chi connectivity index (χ1) is 13.5. The summed E-state index contributed by atoms with van der Waals surface area (Å²) in [5.41, 5.74) is 1.47. The van der Waals surface area contributed by atoms with Gasteiger partial charge >= 0.3 is 0 Å². The number of hydrogen-bond acceptors (Lipinski definition) is 3. The molecular formula is C22H25FN4O. The molecule has 1 N–H and O–H groups in total. The van der Waals surface area contributed by atoms with Crippen LogP contribution in [0.15, 0.2) is 54.6 Å². The van der Waals surface area contributed by atoms with Crippen molar-refractivity contribution in [3.05, 3.63) is 83.2 Å². The zero-order valence-electron chi connectivity index (χ0n) is 16.2. The maximum Gasteiger partial charge on any atom is 0.220 e. The van der Waals surface area contributed by atoms with Crippen molar-refractivity contribution in [1.29, 1.82) is 0 Å². The second-order valence-corrected chi connectivity index (χ2v) is 6.82. The van der Waals surface area contributed by atoms with Gasteiger partial charge in [0.2, 0.25) is 5.91 Å². The van der Waals surface area contributed by atoms with Gasteiger partial charge in [-0.2, -0.15) is 5.10 Å². The zero-order chi connectivity index (χ0) is 19.9. The fraction of sp³-hybridized carbons (Fsp3) is 0.318. The summed E-state index contributed by atoms with van der Waals surface area (Å²) < 4.78 is 16.2. The maximum absolute atomic E-state index is 14.4. The molecule has 0 bridgehead atoms. The third-order valence-electron chi connectivity index (χ3n) is 4.70. The van der Waals surface area contributed by atoms with Crippen molar-refractivity contribution < 1.29 is 9.18 Å². The van der Waals surface area contributed by atoms with E-state index in [2.05, 4.69) is 15.4 Å². The highest BCUT2D eigenvalue weighted by Gasteiger charge is 2.20. The Morgan fingerprint density at radius 2 is 1.82 bits per heavy atom. The molecule has 0 saturated heterocycles. The van der Waals surface area contributed by atoms with Crippen molar-refractivity contribution in [2.24, 2.45) is 0 Å². The van der Waals surface area contributed by atoms with Gasteiger partial charge in [-0.15, -0.1) is 0 Å². The third-order valence-corrected chi connectivity index (χ3v) is 4.70. The van der Waals surface area contributed by atoms with Crippen molar-refractivity contribution in [2.75, 3.05) is 6.54 Å². The van der Waals surface area contributed by atoms with E-state index in [0.29, 0.717) is 18.7 Å². The number of amides is 1. The topological polar surface area (TPSA) is 59.8 Å². The van der Waals surface area contributed by atoms with E-state index in [0.717, 1.165) is 23.6 Å². The minimum absolute atomic E-state index is 0.0939. The van der Waals surface area contributed by atoms with Crippen LogP contribution >= 0.6 is 0 Å². The van der Waals surface area contributed by atoms with Crippen LogP contribution in [0.5, 0.6) is 0 Å². The van der Waals surface area contributed by atoms with Gasteiger partial charge < -0.3 is 5.32 Å². The van der Waals surface area contributed by atoms with E-state index in [-0.39, 0.29) is 24.1 Å². The predicted octanol–water partition coefficient (Wildman–Crippen LogP) is 3.76. The Hall–Kier alpha value is -3.02. The summed E-state index contributed by atoms with van der Waals surface area (Å²) >= 11 is 0. The Morgan fingerprint density at radius 1 is 1.11 bits per heavy atom. The molecule has 2 aromatic carbocycles. The SMILES string of the molecule is Cc1nc(C)n(CCCNC(=O)C[C@H](c2ccccc2)c2ccccc2F)n1. The monoisotopic (exact) mass is 380 g/mol. The van der Waals surface area contributed by atoms with E-state index in [1.54, 1.807) is 18.2 Å². The van der Waals surface area contributed by atoms with E-state index in [1.807, 2.05) is 48.9 Å². The molecule has 0 fully saturated rings. The molecular weight excluding hydrogens is 355 g/mol. The van der Waals surface area contributed by atoms with Crippen LogP contribution in [-0.2, 0) is 11.3 Å². The Balaban J connectivity index is 1.60. The third kappa shape index (κ3) is 5.03. The number of aryl methyl sites for hydroxylation is 3. The van der Waals surface area contributed by atoms with E-state index in [9.17, 15) is 9.18 Å². The van der Waals surface area contributed by atoms with E-state index < -0.39 is 0 Å². The molecule has 0 spiro atoms. The molecule has 1 amide bonds. The smallest absolute Gasteiger partial charge is 0.220 e. The quantitative estimate of drug-likeness (QED) is 0.605. The number of rotatable bonds is 8. The van der Waals surface area contributed by atoms with Crippen molar-refractivity contribution >= 4 is 5.91 Å². The summed E-state index contributed by atoms with van der Waals surface area (Å²) in [4.78, 5) is 16.8. The molecule has 0 radical (unpaired) electrons. The fourth-order valence-electron chi connectivity index (χ4n) is 3.34. The van der Waals surface area contributed by atoms with Gasteiger partial charge in [-0.25, -0.2) is 9.37 Å². The molecule has 0 aliphatic carbocycles. The van der Waals surface area contributed by atoms with Crippen LogP contribution in [0.1, 0.15) is 41.5 Å². The first-order valence-electron chi connectivity index (χ1n) is 9.48. The lowest BCUT2D eigenvalue weighted by Crippen LogP contribution is -2.27. The minimum Gasteiger partial charge on any atom is -0.356 e. The standard InChI is InChI=1S/C22H25FN4O/c1-16-25-17(2)27(26-16)14-8-13-24-22(28)15-20(18-9-4-3-5-10-18)19-11-6-7-12-21(19)23/h3-7,9-12,20H,8,13-15H2,1-2H3,(H,24,28)/t20-/m1/s1. The van der Waals surface area contributed by atoms with Gasteiger partial charge in [-0.3, -0.25) is 9.48 Å². The Kier molecular flexibility index (Phi) is 6.53. The van der Waals surface area contributed by atoms with Crippen molar-refractivity contribution in [3.63, 3.8) is 0 Å². The molecule has 1 aromatic heterocycles. The van der Waals surface area contributed by atoms with Gasteiger partial charge in [0.25, 0.3) is 0 Å². The van der Waals surface area contributed by atoms with Crippen LogP contribution in [0.25, 0.3) is 0 Å². The summed E-state index contributed by atoms with van der Waals surface area (Å²) in [6.07, 6.45) is 0.956. The number of nitrogens with zero attached hydrogens (tertiary/aromatic N) is 3. The van der Waals surface area contributed by atoms with E-state index in [4.69, 9.17) is 0 Å². The molecule has 0 unspecified atom stereocenters. The highest BCUT2D eigenvalue weighted by molar-refractivity contribution is 5.77. The second kappa shape index (κ2) is 9.26. The fourth-order valence-corrected chi connectivity index (χ4v) is 3.34. The summed E-state index contributed by atoms with van der Waals surface area (Å²) in [5.74, 6) is 0.914. The Morgan fingerprint density at radius 3 is 2.50 bits per heavy atom. The summed E-state index contributed by atoms with van der Waals surface area (Å²) in [6, 6.07) is 16.2. The second-order valence-electron chi connectivity index (χ2n) is 6.82. The van der Waals surface area contributed by atoms with Gasteiger partial charge in [0.05, 0.1) is 0 Å². The highest BCUT2D eigenvalue weighted by atomic mass is 19.1. The van der Waals surface area contributed by atoms with Crippen molar-refractivity contribution in [1.82, 2.24) is 20.1 Å². The highest BCUT2D eigenvalue weighted by Crippen LogP contribution is 2.29. The first-order valence-corrected chi connectivity index (χ1v) is 9.48. The number of aromatic nitrogens is 3. The lowest BCUT2D eigenvalue weighted by Gasteiger charge is -2.18. The van der Waals surface area contributed by atoms with Crippen LogP contribution in [0.2, 0.25) is 0 Å². The first kappa shape index (κ1) is 19.7. The van der Waals surface area contributed by atoms with E-state index in [1.165, 1.54) is 6.07 Å². The van der Waals surface area contributed by atoms with Gasteiger partial charge in [0.15, 0.2) is 0 Å². The molecule has 0 aliphatic rings. The Bertz CT molecular complexity index is 923. The van der Waals surface area contributed by atoms with Gasteiger partial charge in [0, 0.05) is 25.4 Å². The number of hydrogen-bond donors (Lipinski definition) is 1. The summed E-state index contributed by atoms with van der Waals surface area (Å²) in [5, 5.41) is 7.26. The molecule has 3 rings (SSSR count). The van der Waals surface area contributed by atoms with Crippen LogP contribution in [-0.4, -0.2) is 27.2 Å². The van der Waals surface area contributed by atoms with Crippen LogP contribution in [0.3, 0.4) is 0 Å². The number of benzene rings is 2. The maximum atomic E-state index is 14.4. The van der Waals surface area contributed by atoms with Crippen molar-refractivity contribution in [3.8, 4) is 0 Å². The largest absolute Gasteiger partial charge is 0.356 e. The lowest BCUT2D eigenvalue weighted by molar-refractivity contribution is -0.121. The number of carbonyl (C=O) groups excluding carboxylic acids is 1. The van der Waals surface area contributed by atoms with Gasteiger partial charge in [-0.1, -0.05) is 48.5 Å². The number of halogens is 1. The molecule has 0 aliphatic heterocycles. The lowest BCUT2D eigenvalue weighted by atomic mass is 9.88. The summed E-state index contributed by atoms with van der Waals surface area (Å²) in [7, 11) is 0. The molecule has 3 aromatic rings. The van der Waals surface area contributed by atoms with Gasteiger partial charge in [0.1, 0.15) is 17.5 Å². The average Bonchev–Trinajstić information content (AvgIpc) is 3.02. The molecule has 146 valence electrons. The molecule has 1 heterocycles. The predicted molar refractivity (Wildman–Crippen MR) is 106 cm³/mol. The molecule has 0 saturated carbocycles. The van der Waals surface area contributed by atoms with Gasteiger partial charge in [-0.05, 0) is 37.5 Å². The normalized spacial score (nSPS) is 12.0. The number of carbonyl (C=O) groups is 1. The van der Waals surface area contributed by atoms with Crippen LogP contribution in [0.4, 0.5) is 4.39 Å². The van der Waals surface area contributed by atoms with E-state index >= 15 is 0 Å². The molecule has 6 heteroatoms.